The lowest BCUT2D eigenvalue weighted by Gasteiger charge is -2.19. The highest BCUT2D eigenvalue weighted by atomic mass is 79.9. The van der Waals surface area contributed by atoms with E-state index in [-0.39, 0.29) is 0 Å². The lowest BCUT2D eigenvalue weighted by Crippen LogP contribution is -2.19. The molecule has 1 fully saturated rings. The van der Waals surface area contributed by atoms with E-state index in [1.54, 1.807) is 0 Å². The molecule has 0 radical (unpaired) electrons. The van der Waals surface area contributed by atoms with Crippen LogP contribution in [0.15, 0.2) is 0 Å². The van der Waals surface area contributed by atoms with E-state index >= 15 is 0 Å². The molecular weight excluding hydrogens is 292 g/mol. The summed E-state index contributed by atoms with van der Waals surface area (Å²) in [4.78, 5) is 0. The monoisotopic (exact) mass is 312 g/mol. The van der Waals surface area contributed by atoms with Crippen LogP contribution in [0.25, 0.3) is 0 Å². The molecule has 0 spiro atoms. The predicted octanol–water partition coefficient (Wildman–Crippen LogP) is 2.25. The molecular formula is C11H21BrO3S. The van der Waals surface area contributed by atoms with Crippen LogP contribution in [0.1, 0.15) is 26.2 Å². The Hall–Kier alpha value is 0.390. The second-order valence-electron chi connectivity index (χ2n) is 4.48. The summed E-state index contributed by atoms with van der Waals surface area (Å²) in [7, 11) is -2.75. The zero-order valence-electron chi connectivity index (χ0n) is 9.82. The van der Waals surface area contributed by atoms with Crippen molar-refractivity contribution in [3.63, 3.8) is 0 Å². The first-order chi connectivity index (χ1) is 7.59. The van der Waals surface area contributed by atoms with Gasteiger partial charge in [0.05, 0.1) is 11.5 Å². The molecule has 0 amide bonds. The minimum atomic E-state index is -2.75. The fourth-order valence-electron chi connectivity index (χ4n) is 2.12. The molecule has 0 aromatic carbocycles. The highest BCUT2D eigenvalue weighted by Gasteiger charge is 2.32. The number of alkyl halides is 1. The number of ether oxygens (including phenoxy) is 1. The van der Waals surface area contributed by atoms with Crippen molar-refractivity contribution in [1.29, 1.82) is 0 Å². The quantitative estimate of drug-likeness (QED) is 0.535. The summed E-state index contributed by atoms with van der Waals surface area (Å²) in [5.74, 6) is 1.51. The van der Waals surface area contributed by atoms with Crippen LogP contribution in [-0.2, 0) is 14.6 Å². The molecule has 1 heterocycles. The van der Waals surface area contributed by atoms with Crippen LogP contribution in [0, 0.1) is 11.8 Å². The summed E-state index contributed by atoms with van der Waals surface area (Å²) < 4.78 is 28.2. The van der Waals surface area contributed by atoms with Crippen LogP contribution in [-0.4, -0.2) is 38.5 Å². The summed E-state index contributed by atoms with van der Waals surface area (Å²) in [5.41, 5.74) is 0. The van der Waals surface area contributed by atoms with E-state index in [4.69, 9.17) is 4.74 Å². The number of hydrogen-bond donors (Lipinski definition) is 0. The number of halogens is 1. The Morgan fingerprint density at radius 2 is 2.19 bits per heavy atom. The Kier molecular flexibility index (Phi) is 6.29. The van der Waals surface area contributed by atoms with Crippen molar-refractivity contribution in [3.8, 4) is 0 Å². The molecule has 0 bridgehead atoms. The van der Waals surface area contributed by atoms with Gasteiger partial charge in [0.2, 0.25) is 0 Å². The first-order valence-corrected chi connectivity index (χ1v) is 8.87. The van der Waals surface area contributed by atoms with Gasteiger partial charge in [0, 0.05) is 18.5 Å². The van der Waals surface area contributed by atoms with Crippen LogP contribution in [0.4, 0.5) is 0 Å². The van der Waals surface area contributed by atoms with Crippen LogP contribution in [0.3, 0.4) is 0 Å². The van der Waals surface area contributed by atoms with Gasteiger partial charge in [-0.15, -0.1) is 0 Å². The van der Waals surface area contributed by atoms with Crippen molar-refractivity contribution in [2.24, 2.45) is 11.8 Å². The van der Waals surface area contributed by atoms with Gasteiger partial charge < -0.3 is 4.74 Å². The van der Waals surface area contributed by atoms with E-state index in [9.17, 15) is 8.42 Å². The first-order valence-electron chi connectivity index (χ1n) is 5.93. The SMILES string of the molecule is CCCOCCC(CBr)C1CCS(=O)(=O)C1. The topological polar surface area (TPSA) is 43.4 Å². The van der Waals surface area contributed by atoms with Crippen molar-refractivity contribution in [2.45, 2.75) is 26.2 Å². The van der Waals surface area contributed by atoms with Gasteiger partial charge in [-0.05, 0) is 31.1 Å². The molecule has 16 heavy (non-hydrogen) atoms. The average Bonchev–Trinajstić information content (AvgIpc) is 2.59. The third kappa shape index (κ3) is 4.72. The van der Waals surface area contributed by atoms with E-state index in [0.717, 1.165) is 37.8 Å². The third-order valence-electron chi connectivity index (χ3n) is 3.11. The molecule has 1 saturated heterocycles. The van der Waals surface area contributed by atoms with Gasteiger partial charge in [-0.3, -0.25) is 0 Å². The summed E-state index contributed by atoms with van der Waals surface area (Å²) >= 11 is 3.48. The molecule has 0 aromatic rings. The van der Waals surface area contributed by atoms with E-state index in [1.165, 1.54) is 0 Å². The number of rotatable bonds is 7. The second kappa shape index (κ2) is 6.97. The van der Waals surface area contributed by atoms with Crippen LogP contribution < -0.4 is 0 Å². The fourth-order valence-corrected chi connectivity index (χ4v) is 4.89. The van der Waals surface area contributed by atoms with Gasteiger partial charge >= 0.3 is 0 Å². The van der Waals surface area contributed by atoms with E-state index in [2.05, 4.69) is 22.9 Å². The molecule has 5 heteroatoms. The van der Waals surface area contributed by atoms with Gasteiger partial charge in [-0.25, -0.2) is 8.42 Å². The molecule has 96 valence electrons. The first kappa shape index (κ1) is 14.5. The molecule has 0 aliphatic carbocycles. The molecule has 1 aliphatic heterocycles. The van der Waals surface area contributed by atoms with Crippen molar-refractivity contribution >= 4 is 25.8 Å². The third-order valence-corrected chi connectivity index (χ3v) is 5.74. The summed E-state index contributed by atoms with van der Waals surface area (Å²) in [6.07, 6.45) is 2.83. The number of sulfone groups is 1. The highest BCUT2D eigenvalue weighted by Crippen LogP contribution is 2.29. The molecule has 1 rings (SSSR count). The fraction of sp³-hybridized carbons (Fsp3) is 1.00. The maximum atomic E-state index is 11.4. The molecule has 1 aliphatic rings. The zero-order valence-corrected chi connectivity index (χ0v) is 12.2. The Labute approximate surface area is 107 Å². The van der Waals surface area contributed by atoms with E-state index in [1.807, 2.05) is 0 Å². The number of hydrogen-bond acceptors (Lipinski definition) is 3. The standard InChI is InChI=1S/C11H21BrO3S/c1-2-5-15-6-3-10(8-12)11-4-7-16(13,14)9-11/h10-11H,2-9H2,1H3. The van der Waals surface area contributed by atoms with Gasteiger partial charge in [0.15, 0.2) is 9.84 Å². The van der Waals surface area contributed by atoms with Gasteiger partial charge in [-0.2, -0.15) is 0 Å². The minimum Gasteiger partial charge on any atom is -0.381 e. The molecule has 2 unspecified atom stereocenters. The zero-order chi connectivity index (χ0) is 12.0. The second-order valence-corrected chi connectivity index (χ2v) is 7.35. The van der Waals surface area contributed by atoms with Crippen molar-refractivity contribution in [1.82, 2.24) is 0 Å². The van der Waals surface area contributed by atoms with Crippen LogP contribution in [0.5, 0.6) is 0 Å². The lowest BCUT2D eigenvalue weighted by molar-refractivity contribution is 0.116. The van der Waals surface area contributed by atoms with E-state index < -0.39 is 9.84 Å². The summed E-state index contributed by atoms with van der Waals surface area (Å²) in [6.45, 7) is 3.64. The summed E-state index contributed by atoms with van der Waals surface area (Å²) in [5, 5.41) is 0.878. The van der Waals surface area contributed by atoms with Gasteiger partial charge in [0.1, 0.15) is 0 Å². The van der Waals surface area contributed by atoms with Gasteiger partial charge in [-0.1, -0.05) is 22.9 Å². The summed E-state index contributed by atoms with van der Waals surface area (Å²) in [6, 6.07) is 0. The highest BCUT2D eigenvalue weighted by molar-refractivity contribution is 9.09. The Morgan fingerprint density at radius 3 is 2.69 bits per heavy atom. The predicted molar refractivity (Wildman–Crippen MR) is 69.8 cm³/mol. The molecule has 0 N–H and O–H groups in total. The average molecular weight is 313 g/mol. The van der Waals surface area contributed by atoms with Crippen LogP contribution >= 0.6 is 15.9 Å². The van der Waals surface area contributed by atoms with Crippen molar-refractivity contribution in [3.05, 3.63) is 0 Å². The minimum absolute atomic E-state index is 0.328. The Bertz CT molecular complexity index is 290. The van der Waals surface area contributed by atoms with Crippen molar-refractivity contribution in [2.75, 3.05) is 30.0 Å². The maximum Gasteiger partial charge on any atom is 0.150 e. The van der Waals surface area contributed by atoms with Crippen LogP contribution in [0.2, 0.25) is 0 Å². The van der Waals surface area contributed by atoms with Crippen molar-refractivity contribution < 1.29 is 13.2 Å². The molecule has 3 nitrogen and oxygen atoms in total. The molecule has 0 saturated carbocycles. The largest absolute Gasteiger partial charge is 0.381 e. The normalized spacial score (nSPS) is 25.8. The maximum absolute atomic E-state index is 11.4. The van der Waals surface area contributed by atoms with Gasteiger partial charge in [0.25, 0.3) is 0 Å². The lowest BCUT2D eigenvalue weighted by atomic mass is 9.91. The molecule has 0 aromatic heterocycles. The Morgan fingerprint density at radius 1 is 1.44 bits per heavy atom. The molecule has 2 atom stereocenters. The Balaban J connectivity index is 2.31. The van der Waals surface area contributed by atoms with E-state index in [0.29, 0.717) is 23.3 Å². The smallest absolute Gasteiger partial charge is 0.150 e.